The van der Waals surface area contributed by atoms with Crippen LogP contribution in [0.4, 0.5) is 0 Å². The van der Waals surface area contributed by atoms with Crippen molar-refractivity contribution in [2.45, 2.75) is 38.8 Å². The minimum atomic E-state index is 0.479. The van der Waals surface area contributed by atoms with Crippen LogP contribution in [0.3, 0.4) is 0 Å². The standard InChI is InChI=1S/C16H21NO2/c1-2-15-14(10-17-12-6-5-9-18-11-12)13-7-3-4-8-16(13)19-15/h3-4,7-8,12,17H,2,5-6,9-11H2,1H3. The number of benzene rings is 1. The first-order valence-corrected chi connectivity index (χ1v) is 7.19. The minimum Gasteiger partial charge on any atom is -0.461 e. The van der Waals surface area contributed by atoms with E-state index in [0.29, 0.717) is 6.04 Å². The molecule has 1 aliphatic heterocycles. The van der Waals surface area contributed by atoms with Crippen LogP contribution >= 0.6 is 0 Å². The molecule has 2 aromatic rings. The number of ether oxygens (including phenoxy) is 1. The van der Waals surface area contributed by atoms with Crippen LogP contribution in [-0.4, -0.2) is 19.3 Å². The molecule has 0 radical (unpaired) electrons. The number of furan rings is 1. The summed E-state index contributed by atoms with van der Waals surface area (Å²) in [6.07, 6.45) is 3.30. The van der Waals surface area contributed by atoms with Crippen LogP contribution < -0.4 is 5.32 Å². The van der Waals surface area contributed by atoms with Gasteiger partial charge in [-0.2, -0.15) is 0 Å². The zero-order valence-electron chi connectivity index (χ0n) is 11.4. The predicted molar refractivity (Wildman–Crippen MR) is 76.3 cm³/mol. The van der Waals surface area contributed by atoms with Crippen LogP contribution in [0.15, 0.2) is 28.7 Å². The summed E-state index contributed by atoms with van der Waals surface area (Å²) in [5.74, 6) is 1.10. The van der Waals surface area contributed by atoms with E-state index in [1.54, 1.807) is 0 Å². The van der Waals surface area contributed by atoms with Gasteiger partial charge in [-0.05, 0) is 18.9 Å². The molecule has 1 unspecified atom stereocenters. The molecular weight excluding hydrogens is 238 g/mol. The van der Waals surface area contributed by atoms with Gasteiger partial charge in [0, 0.05) is 36.6 Å². The molecule has 0 saturated carbocycles. The molecule has 1 fully saturated rings. The summed E-state index contributed by atoms with van der Waals surface area (Å²) in [6.45, 7) is 4.75. The van der Waals surface area contributed by atoms with Crippen molar-refractivity contribution in [1.82, 2.24) is 5.32 Å². The van der Waals surface area contributed by atoms with Crippen LogP contribution in [0.5, 0.6) is 0 Å². The van der Waals surface area contributed by atoms with Gasteiger partial charge in [0.15, 0.2) is 0 Å². The highest BCUT2D eigenvalue weighted by molar-refractivity contribution is 5.82. The maximum atomic E-state index is 5.92. The van der Waals surface area contributed by atoms with Crippen molar-refractivity contribution in [1.29, 1.82) is 0 Å². The van der Waals surface area contributed by atoms with Gasteiger partial charge in [0.1, 0.15) is 11.3 Å². The lowest BCUT2D eigenvalue weighted by Crippen LogP contribution is -2.36. The Hall–Kier alpha value is -1.32. The van der Waals surface area contributed by atoms with E-state index < -0.39 is 0 Å². The van der Waals surface area contributed by atoms with Crippen LogP contribution in [-0.2, 0) is 17.7 Å². The first-order chi connectivity index (χ1) is 9.38. The number of hydrogen-bond donors (Lipinski definition) is 1. The summed E-state index contributed by atoms with van der Waals surface area (Å²) in [4.78, 5) is 0. The molecule has 2 heterocycles. The first-order valence-electron chi connectivity index (χ1n) is 7.19. The maximum Gasteiger partial charge on any atom is 0.134 e. The topological polar surface area (TPSA) is 34.4 Å². The van der Waals surface area contributed by atoms with Crippen molar-refractivity contribution in [2.24, 2.45) is 0 Å². The Morgan fingerprint density at radius 1 is 1.32 bits per heavy atom. The Bertz CT molecular complexity index is 541. The largest absolute Gasteiger partial charge is 0.461 e. The van der Waals surface area contributed by atoms with Gasteiger partial charge < -0.3 is 14.5 Å². The van der Waals surface area contributed by atoms with Gasteiger partial charge in [-0.3, -0.25) is 0 Å². The lowest BCUT2D eigenvalue weighted by Gasteiger charge is -2.23. The van der Waals surface area contributed by atoms with E-state index in [-0.39, 0.29) is 0 Å². The van der Waals surface area contributed by atoms with E-state index in [4.69, 9.17) is 9.15 Å². The molecule has 19 heavy (non-hydrogen) atoms. The quantitative estimate of drug-likeness (QED) is 0.915. The van der Waals surface area contributed by atoms with E-state index in [2.05, 4.69) is 24.4 Å². The Balaban J connectivity index is 1.78. The van der Waals surface area contributed by atoms with E-state index >= 15 is 0 Å². The van der Waals surface area contributed by atoms with Crippen molar-refractivity contribution in [3.63, 3.8) is 0 Å². The van der Waals surface area contributed by atoms with Crippen molar-refractivity contribution in [2.75, 3.05) is 13.2 Å². The second kappa shape index (κ2) is 5.76. The van der Waals surface area contributed by atoms with Crippen LogP contribution in [0.2, 0.25) is 0 Å². The summed E-state index contributed by atoms with van der Waals surface area (Å²) in [7, 11) is 0. The molecule has 1 atom stereocenters. The monoisotopic (exact) mass is 259 g/mol. The SMILES string of the molecule is CCc1oc2ccccc2c1CNC1CCCOC1. The Morgan fingerprint density at radius 3 is 3.00 bits per heavy atom. The molecular formula is C16H21NO2. The summed E-state index contributed by atoms with van der Waals surface area (Å²) < 4.78 is 11.4. The molecule has 0 bridgehead atoms. The molecule has 1 aromatic heterocycles. The average Bonchev–Trinajstić information content (AvgIpc) is 2.84. The molecule has 0 aliphatic carbocycles. The fourth-order valence-electron chi connectivity index (χ4n) is 2.78. The van der Waals surface area contributed by atoms with Crippen molar-refractivity contribution < 1.29 is 9.15 Å². The number of aryl methyl sites for hydroxylation is 1. The average molecular weight is 259 g/mol. The van der Waals surface area contributed by atoms with Crippen LogP contribution in [0.1, 0.15) is 31.1 Å². The predicted octanol–water partition coefficient (Wildman–Crippen LogP) is 3.26. The second-order valence-electron chi connectivity index (χ2n) is 5.15. The third kappa shape index (κ3) is 2.67. The van der Waals surface area contributed by atoms with Gasteiger partial charge in [0.25, 0.3) is 0 Å². The molecule has 1 saturated heterocycles. The lowest BCUT2D eigenvalue weighted by molar-refractivity contribution is 0.0699. The Kier molecular flexibility index (Phi) is 3.85. The molecule has 0 spiro atoms. The van der Waals surface area contributed by atoms with E-state index in [9.17, 15) is 0 Å². The van der Waals surface area contributed by atoms with E-state index in [1.165, 1.54) is 17.4 Å². The highest BCUT2D eigenvalue weighted by Crippen LogP contribution is 2.26. The third-order valence-electron chi connectivity index (χ3n) is 3.83. The molecule has 3 rings (SSSR count). The van der Waals surface area contributed by atoms with Gasteiger partial charge in [-0.15, -0.1) is 0 Å². The molecule has 102 valence electrons. The fraction of sp³-hybridized carbons (Fsp3) is 0.500. The summed E-state index contributed by atoms with van der Waals surface area (Å²) in [6, 6.07) is 8.77. The fourth-order valence-corrected chi connectivity index (χ4v) is 2.78. The summed E-state index contributed by atoms with van der Waals surface area (Å²) in [5.41, 5.74) is 2.31. The summed E-state index contributed by atoms with van der Waals surface area (Å²) >= 11 is 0. The van der Waals surface area contributed by atoms with Crippen molar-refractivity contribution in [3.8, 4) is 0 Å². The molecule has 3 nitrogen and oxygen atoms in total. The van der Waals surface area contributed by atoms with Gasteiger partial charge in [0.05, 0.1) is 6.61 Å². The van der Waals surface area contributed by atoms with Gasteiger partial charge in [-0.1, -0.05) is 25.1 Å². The maximum absolute atomic E-state index is 5.92. The second-order valence-corrected chi connectivity index (χ2v) is 5.15. The molecule has 1 aliphatic rings. The van der Waals surface area contributed by atoms with Crippen LogP contribution in [0, 0.1) is 0 Å². The zero-order valence-corrected chi connectivity index (χ0v) is 11.4. The highest BCUT2D eigenvalue weighted by atomic mass is 16.5. The van der Waals surface area contributed by atoms with Gasteiger partial charge in [0.2, 0.25) is 0 Å². The number of hydrogen-bond acceptors (Lipinski definition) is 3. The normalized spacial score (nSPS) is 19.9. The highest BCUT2D eigenvalue weighted by Gasteiger charge is 2.16. The molecule has 1 aromatic carbocycles. The third-order valence-corrected chi connectivity index (χ3v) is 3.83. The van der Waals surface area contributed by atoms with Crippen molar-refractivity contribution in [3.05, 3.63) is 35.6 Å². The van der Waals surface area contributed by atoms with Crippen molar-refractivity contribution >= 4 is 11.0 Å². The van der Waals surface area contributed by atoms with Crippen LogP contribution in [0.25, 0.3) is 11.0 Å². The lowest BCUT2D eigenvalue weighted by atomic mass is 10.1. The minimum absolute atomic E-state index is 0.479. The van der Waals surface area contributed by atoms with Gasteiger partial charge in [-0.25, -0.2) is 0 Å². The summed E-state index contributed by atoms with van der Waals surface area (Å²) in [5, 5.41) is 4.85. The Morgan fingerprint density at radius 2 is 2.21 bits per heavy atom. The number of nitrogens with one attached hydrogen (secondary N) is 1. The number of para-hydroxylation sites is 1. The smallest absolute Gasteiger partial charge is 0.134 e. The molecule has 1 N–H and O–H groups in total. The Labute approximate surface area is 113 Å². The van der Waals surface area contributed by atoms with E-state index in [0.717, 1.165) is 43.9 Å². The number of fused-ring (bicyclic) bond motifs is 1. The molecule has 0 amide bonds. The molecule has 3 heteroatoms. The van der Waals surface area contributed by atoms with Gasteiger partial charge >= 0.3 is 0 Å². The zero-order chi connectivity index (χ0) is 13.1. The first kappa shape index (κ1) is 12.7. The van der Waals surface area contributed by atoms with E-state index in [1.807, 2.05) is 12.1 Å². The number of rotatable bonds is 4.